The van der Waals surface area contributed by atoms with E-state index in [-0.39, 0.29) is 30.2 Å². The zero-order valence-corrected chi connectivity index (χ0v) is 15.8. The van der Waals surface area contributed by atoms with Crippen molar-refractivity contribution >= 4 is 24.0 Å². The fraction of sp³-hybridized carbons (Fsp3) is 0.353. The summed E-state index contributed by atoms with van der Waals surface area (Å²) in [6.45, 7) is 3.40. The van der Waals surface area contributed by atoms with E-state index < -0.39 is 0 Å². The summed E-state index contributed by atoms with van der Waals surface area (Å²) in [4.78, 5) is 12.9. The number of carbonyl (C=O) groups is 1. The van der Waals surface area contributed by atoms with Crippen molar-refractivity contribution in [2.75, 3.05) is 18.4 Å². The predicted octanol–water partition coefficient (Wildman–Crippen LogP) is 1.07. The van der Waals surface area contributed by atoms with Gasteiger partial charge in [0.2, 0.25) is 5.91 Å². The molecule has 2 N–H and O–H groups in total. The summed E-state index contributed by atoms with van der Waals surface area (Å²) < 4.78 is 3.35. The van der Waals surface area contributed by atoms with Gasteiger partial charge in [-0.05, 0) is 40.6 Å². The lowest BCUT2D eigenvalue weighted by molar-refractivity contribution is -0.119. The summed E-state index contributed by atoms with van der Waals surface area (Å²) in [5, 5.41) is 21.8. The van der Waals surface area contributed by atoms with Crippen LogP contribution in [0, 0.1) is 12.8 Å². The van der Waals surface area contributed by atoms with Crippen LogP contribution in [0.25, 0.3) is 5.69 Å². The number of aryl methyl sites for hydroxylation is 2. The van der Waals surface area contributed by atoms with Crippen LogP contribution in [0.4, 0.5) is 5.69 Å². The molecule has 0 saturated carbocycles. The number of amides is 1. The zero-order chi connectivity index (χ0) is 18.1. The van der Waals surface area contributed by atoms with Crippen LogP contribution in [-0.2, 0) is 11.8 Å². The average molecular weight is 389 g/mol. The molecular weight excluding hydrogens is 368 g/mol. The quantitative estimate of drug-likeness (QED) is 0.693. The zero-order valence-electron chi connectivity index (χ0n) is 15.0. The highest BCUT2D eigenvalue weighted by molar-refractivity contribution is 5.94. The van der Waals surface area contributed by atoms with Crippen LogP contribution in [-0.4, -0.2) is 49.0 Å². The van der Waals surface area contributed by atoms with Gasteiger partial charge >= 0.3 is 0 Å². The number of benzene rings is 1. The Labute approximate surface area is 162 Å². The second kappa shape index (κ2) is 7.85. The summed E-state index contributed by atoms with van der Waals surface area (Å²) >= 11 is 0. The van der Waals surface area contributed by atoms with Crippen molar-refractivity contribution in [2.45, 2.75) is 12.8 Å². The van der Waals surface area contributed by atoms with Crippen molar-refractivity contribution in [1.29, 1.82) is 0 Å². The van der Waals surface area contributed by atoms with Crippen molar-refractivity contribution in [3.05, 3.63) is 48.0 Å². The Balaban J connectivity index is 0.00000210. The predicted molar refractivity (Wildman–Crippen MR) is 102 cm³/mol. The Hall–Kier alpha value is -2.78. The van der Waals surface area contributed by atoms with Gasteiger partial charge in [-0.3, -0.25) is 9.48 Å². The molecule has 1 saturated heterocycles. The monoisotopic (exact) mass is 388 g/mol. The lowest BCUT2D eigenvalue weighted by atomic mass is 9.90. The van der Waals surface area contributed by atoms with Crippen LogP contribution in [0.5, 0.6) is 0 Å². The SMILES string of the molecule is Cc1ccc(NC(=O)[C@H]2CNC[C@@H]2c2cnn(C)c2)cc1-n1cnnn1.Cl. The van der Waals surface area contributed by atoms with E-state index in [9.17, 15) is 4.79 Å². The van der Waals surface area contributed by atoms with E-state index in [2.05, 4.69) is 31.3 Å². The van der Waals surface area contributed by atoms with E-state index in [4.69, 9.17) is 0 Å². The molecule has 0 bridgehead atoms. The number of halogens is 1. The number of nitrogens with one attached hydrogen (secondary N) is 2. The summed E-state index contributed by atoms with van der Waals surface area (Å²) in [5.74, 6) is -0.0273. The summed E-state index contributed by atoms with van der Waals surface area (Å²) in [7, 11) is 1.88. The third-order valence-corrected chi connectivity index (χ3v) is 4.78. The van der Waals surface area contributed by atoms with Gasteiger partial charge in [0.1, 0.15) is 6.33 Å². The second-order valence-corrected chi connectivity index (χ2v) is 6.56. The standard InChI is InChI=1S/C17H20N8O.ClH/c1-11-3-4-13(5-16(11)25-10-19-22-23-25)21-17(26)15-8-18-7-14(15)12-6-20-24(2)9-12;/h3-6,9-10,14-15,18H,7-8H2,1-2H3,(H,21,26);1H/t14-,15+;/m1./s1. The number of hydrogen-bond acceptors (Lipinski definition) is 6. The molecule has 1 aromatic carbocycles. The molecule has 142 valence electrons. The molecule has 0 aliphatic carbocycles. The number of nitrogens with zero attached hydrogens (tertiary/aromatic N) is 6. The number of rotatable bonds is 4. The minimum Gasteiger partial charge on any atom is -0.326 e. The molecule has 0 unspecified atom stereocenters. The van der Waals surface area contributed by atoms with Gasteiger partial charge in [-0.1, -0.05) is 6.07 Å². The van der Waals surface area contributed by atoms with Crippen molar-refractivity contribution in [1.82, 2.24) is 35.3 Å². The van der Waals surface area contributed by atoms with Gasteiger partial charge in [0, 0.05) is 37.9 Å². The van der Waals surface area contributed by atoms with Gasteiger partial charge in [0.15, 0.2) is 0 Å². The van der Waals surface area contributed by atoms with Crippen molar-refractivity contribution in [2.24, 2.45) is 13.0 Å². The molecule has 4 rings (SSSR count). The maximum Gasteiger partial charge on any atom is 0.229 e. The summed E-state index contributed by atoms with van der Waals surface area (Å²) in [6.07, 6.45) is 5.34. The summed E-state index contributed by atoms with van der Waals surface area (Å²) in [5.41, 5.74) is 3.66. The first-order valence-corrected chi connectivity index (χ1v) is 8.46. The van der Waals surface area contributed by atoms with E-state index in [1.807, 2.05) is 44.6 Å². The van der Waals surface area contributed by atoms with E-state index in [0.717, 1.165) is 29.0 Å². The maximum absolute atomic E-state index is 12.9. The molecule has 2 atom stereocenters. The van der Waals surface area contributed by atoms with E-state index in [0.29, 0.717) is 6.54 Å². The molecule has 10 heteroatoms. The smallest absolute Gasteiger partial charge is 0.229 e. The second-order valence-electron chi connectivity index (χ2n) is 6.56. The molecule has 3 heterocycles. The molecule has 0 radical (unpaired) electrons. The van der Waals surface area contributed by atoms with Gasteiger partial charge < -0.3 is 10.6 Å². The average Bonchev–Trinajstić information content (AvgIpc) is 3.37. The number of hydrogen-bond donors (Lipinski definition) is 2. The third-order valence-electron chi connectivity index (χ3n) is 4.78. The van der Waals surface area contributed by atoms with Crippen LogP contribution in [0.15, 0.2) is 36.9 Å². The molecule has 9 nitrogen and oxygen atoms in total. The van der Waals surface area contributed by atoms with Crippen LogP contribution in [0.1, 0.15) is 17.0 Å². The minimum atomic E-state index is -0.142. The number of aromatic nitrogens is 6. The molecular formula is C17H21ClN8O. The lowest BCUT2D eigenvalue weighted by Gasteiger charge is -2.17. The number of anilines is 1. The van der Waals surface area contributed by atoms with Crippen molar-refractivity contribution < 1.29 is 4.79 Å². The maximum atomic E-state index is 12.9. The minimum absolute atomic E-state index is 0. The van der Waals surface area contributed by atoms with Crippen molar-refractivity contribution in [3.63, 3.8) is 0 Å². The Morgan fingerprint density at radius 3 is 2.89 bits per heavy atom. The molecule has 1 amide bonds. The molecule has 27 heavy (non-hydrogen) atoms. The molecule has 3 aromatic rings. The normalized spacial score (nSPS) is 18.9. The lowest BCUT2D eigenvalue weighted by Crippen LogP contribution is -2.28. The highest BCUT2D eigenvalue weighted by Gasteiger charge is 2.34. The Bertz CT molecular complexity index is 923. The van der Waals surface area contributed by atoms with Crippen LogP contribution >= 0.6 is 12.4 Å². The van der Waals surface area contributed by atoms with Crippen LogP contribution < -0.4 is 10.6 Å². The molecule has 1 fully saturated rings. The molecule has 0 spiro atoms. The van der Waals surface area contributed by atoms with E-state index >= 15 is 0 Å². The number of tetrazole rings is 1. The molecule has 1 aliphatic heterocycles. The Morgan fingerprint density at radius 1 is 1.33 bits per heavy atom. The topological polar surface area (TPSA) is 103 Å². The van der Waals surface area contributed by atoms with E-state index in [1.54, 1.807) is 9.36 Å². The molecule has 1 aliphatic rings. The van der Waals surface area contributed by atoms with Gasteiger partial charge in [-0.25, -0.2) is 4.68 Å². The van der Waals surface area contributed by atoms with Gasteiger partial charge in [0.05, 0.1) is 17.8 Å². The Kier molecular flexibility index (Phi) is 5.52. The van der Waals surface area contributed by atoms with Crippen LogP contribution in [0.3, 0.4) is 0 Å². The first kappa shape index (κ1) is 19.0. The fourth-order valence-corrected chi connectivity index (χ4v) is 3.38. The first-order valence-electron chi connectivity index (χ1n) is 8.46. The highest BCUT2D eigenvalue weighted by atomic mass is 35.5. The Morgan fingerprint density at radius 2 is 2.19 bits per heavy atom. The third kappa shape index (κ3) is 3.83. The fourth-order valence-electron chi connectivity index (χ4n) is 3.38. The van der Waals surface area contributed by atoms with Gasteiger partial charge in [0.25, 0.3) is 0 Å². The highest BCUT2D eigenvalue weighted by Crippen LogP contribution is 2.29. The van der Waals surface area contributed by atoms with Crippen molar-refractivity contribution in [3.8, 4) is 5.69 Å². The van der Waals surface area contributed by atoms with Gasteiger partial charge in [-0.15, -0.1) is 17.5 Å². The van der Waals surface area contributed by atoms with Crippen LogP contribution in [0.2, 0.25) is 0 Å². The van der Waals surface area contributed by atoms with Gasteiger partial charge in [-0.2, -0.15) is 5.10 Å². The largest absolute Gasteiger partial charge is 0.326 e. The first-order chi connectivity index (χ1) is 12.6. The number of carbonyl (C=O) groups excluding carboxylic acids is 1. The van der Waals surface area contributed by atoms with E-state index in [1.165, 1.54) is 6.33 Å². The summed E-state index contributed by atoms with van der Waals surface area (Å²) in [6, 6.07) is 5.71. The molecule has 2 aromatic heterocycles.